The lowest BCUT2D eigenvalue weighted by atomic mass is 9.95. The molecule has 1 saturated carbocycles. The van der Waals surface area contributed by atoms with E-state index in [9.17, 15) is 0 Å². The first-order valence-electron chi connectivity index (χ1n) is 3.68. The van der Waals surface area contributed by atoms with Crippen molar-refractivity contribution in [2.75, 3.05) is 7.05 Å². The van der Waals surface area contributed by atoms with Crippen molar-refractivity contribution in [3.8, 4) is 0 Å². The second-order valence-electron chi connectivity index (χ2n) is 2.81. The van der Waals surface area contributed by atoms with E-state index in [1.54, 1.807) is 0 Å². The number of nitrogens with one attached hydrogen (secondary N) is 1. The van der Waals surface area contributed by atoms with Gasteiger partial charge in [-0.3, -0.25) is 0 Å². The van der Waals surface area contributed by atoms with Crippen LogP contribution in [0.15, 0.2) is 0 Å². The monoisotopic (exact) mass is 145 g/mol. The Kier molecular flexibility index (Phi) is 2.86. The van der Waals surface area contributed by atoms with Gasteiger partial charge in [-0.15, -0.1) is 0 Å². The molecule has 2 heteroatoms. The molecule has 0 unspecified atom stereocenters. The van der Waals surface area contributed by atoms with Crippen molar-refractivity contribution in [1.82, 2.24) is 5.32 Å². The second-order valence-corrected chi connectivity index (χ2v) is 3.54. The van der Waals surface area contributed by atoms with Gasteiger partial charge in [-0.2, -0.15) is 12.6 Å². The Bertz CT molecular complexity index is 85.0. The Hall–Kier alpha value is 0.310. The topological polar surface area (TPSA) is 12.0 Å². The molecule has 1 aliphatic carbocycles. The quantitative estimate of drug-likeness (QED) is 0.532. The largest absolute Gasteiger partial charge is 0.317 e. The first-order chi connectivity index (χ1) is 4.33. The molecule has 1 nitrogen and oxygen atoms in total. The maximum Gasteiger partial charge on any atom is 0.00745 e. The summed E-state index contributed by atoms with van der Waals surface area (Å²) in [6.45, 7) is 0. The molecule has 0 amide bonds. The first kappa shape index (κ1) is 7.42. The van der Waals surface area contributed by atoms with Crippen molar-refractivity contribution in [1.29, 1.82) is 0 Å². The smallest absolute Gasteiger partial charge is 0.00745 e. The number of thiol groups is 1. The van der Waals surface area contributed by atoms with Gasteiger partial charge in [-0.05, 0) is 26.3 Å². The summed E-state index contributed by atoms with van der Waals surface area (Å²) in [7, 11) is 2.04. The van der Waals surface area contributed by atoms with Gasteiger partial charge in [0.05, 0.1) is 0 Å². The Morgan fingerprint density at radius 2 is 2.22 bits per heavy atom. The van der Waals surface area contributed by atoms with Gasteiger partial charge in [0.25, 0.3) is 0 Å². The molecule has 0 radical (unpaired) electrons. The van der Waals surface area contributed by atoms with E-state index in [0.29, 0.717) is 5.25 Å². The van der Waals surface area contributed by atoms with Gasteiger partial charge in [0, 0.05) is 11.3 Å². The normalized spacial score (nSPS) is 36.7. The van der Waals surface area contributed by atoms with Crippen molar-refractivity contribution in [3.63, 3.8) is 0 Å². The van der Waals surface area contributed by atoms with Crippen LogP contribution >= 0.6 is 12.6 Å². The summed E-state index contributed by atoms with van der Waals surface area (Å²) in [5.74, 6) is 0. The Labute approximate surface area is 62.6 Å². The van der Waals surface area contributed by atoms with E-state index >= 15 is 0 Å². The summed E-state index contributed by atoms with van der Waals surface area (Å²) < 4.78 is 0. The molecule has 0 aromatic carbocycles. The molecule has 54 valence electrons. The minimum atomic E-state index is 0.649. The van der Waals surface area contributed by atoms with Crippen LogP contribution < -0.4 is 5.32 Å². The van der Waals surface area contributed by atoms with Crippen molar-refractivity contribution in [2.24, 2.45) is 0 Å². The molecule has 0 aromatic rings. The Balaban J connectivity index is 2.23. The molecule has 9 heavy (non-hydrogen) atoms. The molecule has 1 rings (SSSR count). The molecule has 1 aliphatic rings. The molecule has 1 fully saturated rings. The highest BCUT2D eigenvalue weighted by molar-refractivity contribution is 7.80. The average Bonchev–Trinajstić information content (AvgIpc) is 1.88. The summed E-state index contributed by atoms with van der Waals surface area (Å²) in [4.78, 5) is 0. The molecule has 0 heterocycles. The van der Waals surface area contributed by atoms with E-state index in [2.05, 4.69) is 17.9 Å². The van der Waals surface area contributed by atoms with Crippen LogP contribution in [-0.2, 0) is 0 Å². The predicted molar refractivity (Wildman–Crippen MR) is 44.1 cm³/mol. The van der Waals surface area contributed by atoms with Gasteiger partial charge in [-0.25, -0.2) is 0 Å². The number of hydrogen-bond acceptors (Lipinski definition) is 2. The number of hydrogen-bond donors (Lipinski definition) is 2. The Morgan fingerprint density at radius 3 is 2.67 bits per heavy atom. The summed E-state index contributed by atoms with van der Waals surface area (Å²) in [5, 5.41) is 3.93. The lowest BCUT2D eigenvalue weighted by Gasteiger charge is -2.25. The third-order valence-corrected chi connectivity index (χ3v) is 2.52. The van der Waals surface area contributed by atoms with E-state index in [4.69, 9.17) is 0 Å². The van der Waals surface area contributed by atoms with Gasteiger partial charge in [0.2, 0.25) is 0 Å². The fraction of sp³-hybridized carbons (Fsp3) is 1.00. The maximum atomic E-state index is 4.43. The summed E-state index contributed by atoms with van der Waals surface area (Å²) in [6.07, 6.45) is 5.24. The van der Waals surface area contributed by atoms with E-state index in [1.165, 1.54) is 25.7 Å². The zero-order valence-electron chi connectivity index (χ0n) is 5.93. The summed E-state index contributed by atoms with van der Waals surface area (Å²) in [5.41, 5.74) is 0. The minimum Gasteiger partial charge on any atom is -0.317 e. The SMILES string of the molecule is CN[C@@H]1CCC[C@H](S)C1. The predicted octanol–water partition coefficient (Wildman–Crippen LogP) is 1.45. The molecule has 0 aromatic heterocycles. The molecule has 2 atom stereocenters. The van der Waals surface area contributed by atoms with Crippen LogP contribution in [0.4, 0.5) is 0 Å². The fourth-order valence-corrected chi connectivity index (χ4v) is 1.86. The zero-order chi connectivity index (χ0) is 6.69. The van der Waals surface area contributed by atoms with E-state index in [-0.39, 0.29) is 0 Å². The van der Waals surface area contributed by atoms with Gasteiger partial charge >= 0.3 is 0 Å². The standard InChI is InChI=1S/C7H15NS/c1-8-6-3-2-4-7(9)5-6/h6-9H,2-5H2,1H3/t6-,7+/m1/s1. The maximum absolute atomic E-state index is 4.43. The van der Waals surface area contributed by atoms with Gasteiger partial charge in [-0.1, -0.05) is 6.42 Å². The second kappa shape index (κ2) is 3.47. The highest BCUT2D eigenvalue weighted by Gasteiger charge is 2.16. The van der Waals surface area contributed by atoms with Crippen LogP contribution in [0.3, 0.4) is 0 Å². The van der Waals surface area contributed by atoms with Crippen LogP contribution in [0.5, 0.6) is 0 Å². The third-order valence-electron chi connectivity index (χ3n) is 2.05. The number of rotatable bonds is 1. The van der Waals surface area contributed by atoms with Crippen LogP contribution in [0.1, 0.15) is 25.7 Å². The van der Waals surface area contributed by atoms with Crippen molar-refractivity contribution in [2.45, 2.75) is 37.0 Å². The average molecular weight is 145 g/mol. The zero-order valence-corrected chi connectivity index (χ0v) is 6.82. The van der Waals surface area contributed by atoms with Crippen LogP contribution in [0, 0.1) is 0 Å². The van der Waals surface area contributed by atoms with E-state index in [1.807, 2.05) is 7.05 Å². The lowest BCUT2D eigenvalue weighted by molar-refractivity contribution is 0.404. The summed E-state index contributed by atoms with van der Waals surface area (Å²) >= 11 is 4.43. The molecule has 0 saturated heterocycles. The third kappa shape index (κ3) is 2.18. The Morgan fingerprint density at radius 1 is 1.44 bits per heavy atom. The minimum absolute atomic E-state index is 0.649. The van der Waals surface area contributed by atoms with Gasteiger partial charge in [0.15, 0.2) is 0 Å². The lowest BCUT2D eigenvalue weighted by Crippen LogP contribution is -2.31. The van der Waals surface area contributed by atoms with Crippen molar-refractivity contribution in [3.05, 3.63) is 0 Å². The van der Waals surface area contributed by atoms with Gasteiger partial charge in [0.1, 0.15) is 0 Å². The highest BCUT2D eigenvalue weighted by Crippen LogP contribution is 2.21. The van der Waals surface area contributed by atoms with Crippen molar-refractivity contribution >= 4 is 12.6 Å². The molecular formula is C7H15NS. The van der Waals surface area contributed by atoms with Gasteiger partial charge < -0.3 is 5.32 Å². The van der Waals surface area contributed by atoms with Crippen LogP contribution in [0.2, 0.25) is 0 Å². The van der Waals surface area contributed by atoms with E-state index < -0.39 is 0 Å². The first-order valence-corrected chi connectivity index (χ1v) is 4.20. The fourth-order valence-electron chi connectivity index (χ4n) is 1.43. The highest BCUT2D eigenvalue weighted by atomic mass is 32.1. The molecule has 0 spiro atoms. The molecule has 0 bridgehead atoms. The summed E-state index contributed by atoms with van der Waals surface area (Å²) in [6, 6.07) is 0.737. The van der Waals surface area contributed by atoms with Crippen molar-refractivity contribution < 1.29 is 0 Å². The molecular weight excluding hydrogens is 130 g/mol. The molecule has 0 aliphatic heterocycles. The van der Waals surface area contributed by atoms with Crippen LogP contribution in [-0.4, -0.2) is 18.3 Å². The van der Waals surface area contributed by atoms with Crippen LogP contribution in [0.25, 0.3) is 0 Å². The molecule has 1 N–H and O–H groups in total. The van der Waals surface area contributed by atoms with E-state index in [0.717, 1.165) is 6.04 Å².